The number of Topliss-reactive ketones (excluding diaryl/α,β-unsaturated/α-hetero) is 1. The summed E-state index contributed by atoms with van der Waals surface area (Å²) >= 11 is 1.65. The minimum Gasteiger partial charge on any atom is -0.367 e. The maximum atomic E-state index is 12.3. The number of carbonyl (C=O) groups is 1. The number of carbonyl (C=O) groups excluding carboxylic acids is 1. The lowest BCUT2D eigenvalue weighted by Crippen LogP contribution is -2.25. The molecule has 0 fully saturated rings. The van der Waals surface area contributed by atoms with Gasteiger partial charge in [0.25, 0.3) is 0 Å². The van der Waals surface area contributed by atoms with Crippen LogP contribution in [0, 0.1) is 25.2 Å². The summed E-state index contributed by atoms with van der Waals surface area (Å²) < 4.78 is 0. The zero-order chi connectivity index (χ0) is 14.7. The quantitative estimate of drug-likeness (QED) is 0.806. The number of nitriles is 1. The van der Waals surface area contributed by atoms with Gasteiger partial charge in [0.05, 0.1) is 18.2 Å². The Morgan fingerprint density at radius 2 is 1.95 bits per heavy atom. The highest BCUT2D eigenvalue weighted by Gasteiger charge is 2.14. The summed E-state index contributed by atoms with van der Waals surface area (Å²) in [5.41, 5.74) is 2.37. The van der Waals surface area contributed by atoms with Crippen molar-refractivity contribution in [1.29, 1.82) is 5.26 Å². The SMILES string of the molecule is Cc1cc(C(=O)CN(C)c2ccc(C#N)cc2)c(C)s1. The number of rotatable bonds is 4. The molecule has 0 amide bonds. The molecule has 0 aliphatic rings. The lowest BCUT2D eigenvalue weighted by atomic mass is 10.1. The lowest BCUT2D eigenvalue weighted by Gasteiger charge is -2.18. The molecule has 0 saturated carbocycles. The van der Waals surface area contributed by atoms with E-state index in [4.69, 9.17) is 5.26 Å². The molecule has 20 heavy (non-hydrogen) atoms. The molecule has 0 bridgehead atoms. The molecule has 0 radical (unpaired) electrons. The van der Waals surface area contributed by atoms with Crippen LogP contribution >= 0.6 is 11.3 Å². The fraction of sp³-hybridized carbons (Fsp3) is 0.250. The van der Waals surface area contributed by atoms with Crippen molar-refractivity contribution in [2.24, 2.45) is 0 Å². The Hall–Kier alpha value is -2.12. The molecule has 3 nitrogen and oxygen atoms in total. The standard InChI is InChI=1S/C16H16N2OS/c1-11-8-15(12(2)20-11)16(19)10-18(3)14-6-4-13(9-17)5-7-14/h4-8H,10H2,1-3H3. The van der Waals surface area contributed by atoms with Crippen LogP contribution in [0.5, 0.6) is 0 Å². The van der Waals surface area contributed by atoms with Gasteiger partial charge in [0.2, 0.25) is 0 Å². The van der Waals surface area contributed by atoms with Crippen molar-refractivity contribution in [2.75, 3.05) is 18.5 Å². The molecule has 1 aromatic heterocycles. The van der Waals surface area contributed by atoms with Gasteiger partial charge in [0, 0.05) is 28.1 Å². The smallest absolute Gasteiger partial charge is 0.183 e. The number of likely N-dealkylation sites (N-methyl/N-ethyl adjacent to an activating group) is 1. The van der Waals surface area contributed by atoms with Crippen LogP contribution in [0.2, 0.25) is 0 Å². The predicted molar refractivity (Wildman–Crippen MR) is 82.6 cm³/mol. The summed E-state index contributed by atoms with van der Waals surface area (Å²) in [6, 6.07) is 11.3. The minimum absolute atomic E-state index is 0.124. The highest BCUT2D eigenvalue weighted by molar-refractivity contribution is 7.12. The third-order valence-corrected chi connectivity index (χ3v) is 4.13. The molecule has 0 N–H and O–H groups in total. The number of benzene rings is 1. The van der Waals surface area contributed by atoms with Crippen molar-refractivity contribution < 1.29 is 4.79 Å². The second kappa shape index (κ2) is 5.89. The average Bonchev–Trinajstić information content (AvgIpc) is 2.78. The van der Waals surface area contributed by atoms with E-state index in [0.29, 0.717) is 12.1 Å². The molecule has 0 aliphatic heterocycles. The summed E-state index contributed by atoms with van der Waals surface area (Å²) in [5.74, 6) is 0.124. The Bertz CT molecular complexity index is 665. The van der Waals surface area contributed by atoms with Gasteiger partial charge in [-0.3, -0.25) is 4.79 Å². The molecule has 0 unspecified atom stereocenters. The normalized spacial score (nSPS) is 10.1. The molecule has 4 heteroatoms. The average molecular weight is 284 g/mol. The van der Waals surface area contributed by atoms with Gasteiger partial charge in [0.15, 0.2) is 5.78 Å². The van der Waals surface area contributed by atoms with Crippen LogP contribution in [0.15, 0.2) is 30.3 Å². The molecule has 1 aromatic carbocycles. The van der Waals surface area contributed by atoms with Gasteiger partial charge in [-0.15, -0.1) is 11.3 Å². The molecule has 102 valence electrons. The first-order valence-electron chi connectivity index (χ1n) is 6.33. The van der Waals surface area contributed by atoms with Crippen molar-refractivity contribution in [2.45, 2.75) is 13.8 Å². The van der Waals surface area contributed by atoms with Crippen LogP contribution in [0.1, 0.15) is 25.7 Å². The van der Waals surface area contributed by atoms with Gasteiger partial charge < -0.3 is 4.90 Å². The van der Waals surface area contributed by atoms with Gasteiger partial charge in [-0.25, -0.2) is 0 Å². The maximum Gasteiger partial charge on any atom is 0.183 e. The van der Waals surface area contributed by atoms with Crippen molar-refractivity contribution in [3.63, 3.8) is 0 Å². The van der Waals surface area contributed by atoms with Crippen molar-refractivity contribution in [3.05, 3.63) is 51.2 Å². The van der Waals surface area contributed by atoms with E-state index in [0.717, 1.165) is 21.0 Å². The van der Waals surface area contributed by atoms with E-state index in [2.05, 4.69) is 6.07 Å². The Labute approximate surface area is 123 Å². The summed E-state index contributed by atoms with van der Waals surface area (Å²) in [7, 11) is 1.88. The summed E-state index contributed by atoms with van der Waals surface area (Å²) in [5, 5.41) is 8.78. The molecular weight excluding hydrogens is 268 g/mol. The molecule has 2 aromatic rings. The molecule has 0 aliphatic carbocycles. The van der Waals surface area contributed by atoms with Crippen molar-refractivity contribution in [1.82, 2.24) is 0 Å². The van der Waals surface area contributed by atoms with E-state index < -0.39 is 0 Å². The van der Waals surface area contributed by atoms with Crippen molar-refractivity contribution >= 4 is 22.8 Å². The fourth-order valence-electron chi connectivity index (χ4n) is 2.09. The molecule has 0 saturated heterocycles. The molecule has 0 atom stereocenters. The molecule has 0 spiro atoms. The zero-order valence-electron chi connectivity index (χ0n) is 11.8. The fourth-order valence-corrected chi connectivity index (χ4v) is 3.03. The summed E-state index contributed by atoms with van der Waals surface area (Å²) in [6.45, 7) is 4.33. The largest absolute Gasteiger partial charge is 0.367 e. The first-order valence-corrected chi connectivity index (χ1v) is 7.14. The van der Waals surface area contributed by atoms with Crippen LogP contribution in [-0.4, -0.2) is 19.4 Å². The van der Waals surface area contributed by atoms with Crippen LogP contribution < -0.4 is 4.90 Å². The molecular formula is C16H16N2OS. The number of hydrogen-bond donors (Lipinski definition) is 0. The Morgan fingerprint density at radius 3 is 2.45 bits per heavy atom. The van der Waals surface area contributed by atoms with Gasteiger partial charge in [-0.05, 0) is 44.2 Å². The van der Waals surface area contributed by atoms with Gasteiger partial charge in [-0.1, -0.05) is 0 Å². The van der Waals surface area contributed by atoms with E-state index in [1.54, 1.807) is 23.5 Å². The number of aryl methyl sites for hydroxylation is 2. The van der Waals surface area contributed by atoms with E-state index in [9.17, 15) is 4.79 Å². The number of hydrogen-bond acceptors (Lipinski definition) is 4. The van der Waals surface area contributed by atoms with Crippen LogP contribution in [0.3, 0.4) is 0 Å². The number of nitrogens with zero attached hydrogens (tertiary/aromatic N) is 2. The Kier molecular flexibility index (Phi) is 4.21. The topological polar surface area (TPSA) is 44.1 Å². The summed E-state index contributed by atoms with van der Waals surface area (Å²) in [6.07, 6.45) is 0. The second-order valence-corrected chi connectivity index (χ2v) is 6.23. The first-order chi connectivity index (χ1) is 9.51. The van der Waals surface area contributed by atoms with E-state index in [1.165, 1.54) is 0 Å². The van der Waals surface area contributed by atoms with Crippen LogP contribution in [0.4, 0.5) is 5.69 Å². The third-order valence-electron chi connectivity index (χ3n) is 3.16. The van der Waals surface area contributed by atoms with E-state index in [1.807, 2.05) is 44.0 Å². The molecule has 1 heterocycles. The zero-order valence-corrected chi connectivity index (χ0v) is 12.6. The van der Waals surface area contributed by atoms with Gasteiger partial charge in [-0.2, -0.15) is 5.26 Å². The monoisotopic (exact) mass is 284 g/mol. The lowest BCUT2D eigenvalue weighted by molar-refractivity contribution is 0.1000. The van der Waals surface area contributed by atoms with Crippen molar-refractivity contribution in [3.8, 4) is 6.07 Å². The second-order valence-electron chi connectivity index (χ2n) is 4.76. The first kappa shape index (κ1) is 14.3. The van der Waals surface area contributed by atoms with Crippen LogP contribution in [-0.2, 0) is 0 Å². The Balaban J connectivity index is 2.11. The van der Waals surface area contributed by atoms with E-state index in [-0.39, 0.29) is 5.78 Å². The van der Waals surface area contributed by atoms with E-state index >= 15 is 0 Å². The maximum absolute atomic E-state index is 12.3. The number of ketones is 1. The number of thiophene rings is 1. The van der Waals surface area contributed by atoms with Crippen LogP contribution in [0.25, 0.3) is 0 Å². The third kappa shape index (κ3) is 3.06. The Morgan fingerprint density at radius 1 is 1.30 bits per heavy atom. The highest BCUT2D eigenvalue weighted by atomic mass is 32.1. The molecule has 2 rings (SSSR count). The number of anilines is 1. The highest BCUT2D eigenvalue weighted by Crippen LogP contribution is 2.22. The summed E-state index contributed by atoms with van der Waals surface area (Å²) in [4.78, 5) is 16.4. The van der Waals surface area contributed by atoms with Gasteiger partial charge >= 0.3 is 0 Å². The minimum atomic E-state index is 0.124. The van der Waals surface area contributed by atoms with Gasteiger partial charge in [0.1, 0.15) is 0 Å². The predicted octanol–water partition coefficient (Wildman–Crippen LogP) is 3.56.